The fourth-order valence-electron chi connectivity index (χ4n) is 14.7. The molecule has 0 bridgehead atoms. The number of nitrogens with zero attached hydrogens (tertiary/aromatic N) is 6. The monoisotopic (exact) mass is 1190 g/mol. The van der Waals surface area contributed by atoms with Gasteiger partial charge < -0.3 is 14.2 Å². The van der Waals surface area contributed by atoms with Crippen LogP contribution in [0, 0.1) is 27.4 Å². The summed E-state index contributed by atoms with van der Waals surface area (Å²) < 4.78 is 123. The second kappa shape index (κ2) is 22.3. The first-order valence-corrected chi connectivity index (χ1v) is 31.0. The summed E-state index contributed by atoms with van der Waals surface area (Å²) in [5, 5.41) is 0. The van der Waals surface area contributed by atoms with Gasteiger partial charge in [0, 0.05) is 39.2 Å². The Labute approximate surface area is 555 Å². The minimum absolute atomic E-state index is 0.112. The Kier molecular flexibility index (Phi) is 10.5. The molecule has 6 nitrogen and oxygen atoms in total. The Morgan fingerprint density at radius 3 is 1.26 bits per heavy atom. The van der Waals surface area contributed by atoms with Gasteiger partial charge in [-0.25, -0.2) is 4.98 Å². The van der Waals surface area contributed by atoms with Crippen molar-refractivity contribution in [2.75, 3.05) is 14.2 Å². The summed E-state index contributed by atoms with van der Waals surface area (Å²) in [6, 6.07) is 101. The van der Waals surface area contributed by atoms with E-state index in [4.69, 9.17) is 9.10 Å². The van der Waals surface area contributed by atoms with Gasteiger partial charge in [-0.1, -0.05) is 237 Å². The van der Waals surface area contributed by atoms with Crippen LogP contribution >= 0.6 is 0 Å². The largest absolute Gasteiger partial charge is 0.416 e. The predicted octanol–water partition coefficient (Wildman–Crippen LogP) is 18.0. The van der Waals surface area contributed by atoms with E-state index in [2.05, 4.69) is 104 Å². The fourth-order valence-corrected chi connectivity index (χ4v) is 14.7. The summed E-state index contributed by atoms with van der Waals surface area (Å²) >= 11 is 0. The Morgan fingerprint density at radius 2 is 0.717 bits per heavy atom. The molecule has 0 saturated carbocycles. The van der Waals surface area contributed by atoms with Crippen LogP contribution in [0.3, 0.4) is 0 Å². The number of para-hydroxylation sites is 6. The number of benzene rings is 13. The van der Waals surface area contributed by atoms with Gasteiger partial charge in [-0.2, -0.15) is 0 Å². The summed E-state index contributed by atoms with van der Waals surface area (Å²) in [6.07, 6.45) is 0. The van der Waals surface area contributed by atoms with Crippen molar-refractivity contribution >= 4 is 82.2 Å². The Bertz CT molecular complexity index is 5720. The molecule has 1 aliphatic carbocycles. The second-order valence-electron chi connectivity index (χ2n) is 23.7. The second-order valence-corrected chi connectivity index (χ2v) is 23.7. The predicted molar refractivity (Wildman–Crippen MR) is 390 cm³/mol. The molecule has 9 heteroatoms. The molecule has 0 unspecified atom stereocenters. The first-order chi connectivity index (χ1) is 50.2. The number of anilines is 3. The average molecular weight is 1190 g/mol. The van der Waals surface area contributed by atoms with Crippen molar-refractivity contribution in [1.82, 2.24) is 14.0 Å². The smallest absolute Gasteiger partial charge is 0.388 e. The molecular formula is C83H63B3N6. The van der Waals surface area contributed by atoms with Crippen molar-refractivity contribution in [1.29, 1.82) is 0 Å². The van der Waals surface area contributed by atoms with Gasteiger partial charge in [0.2, 0.25) is 5.78 Å². The van der Waals surface area contributed by atoms with Crippen molar-refractivity contribution in [3.05, 3.63) is 332 Å². The highest BCUT2D eigenvalue weighted by atomic mass is 15.3. The number of imidazole rings is 2. The number of hydrogen-bond acceptors (Lipinski definition) is 4. The van der Waals surface area contributed by atoms with E-state index in [0.29, 0.717) is 27.8 Å². The van der Waals surface area contributed by atoms with Crippen LogP contribution in [0.25, 0.3) is 100 Å². The first-order valence-electron chi connectivity index (χ1n) is 37.0. The van der Waals surface area contributed by atoms with Crippen LogP contribution in [0.15, 0.2) is 309 Å². The quantitative estimate of drug-likeness (QED) is 0.135. The minimum atomic E-state index is -3.14. The maximum Gasteiger partial charge on any atom is 0.388 e. The average Bonchev–Trinajstić information content (AvgIpc) is 1.01. The molecule has 92 heavy (non-hydrogen) atoms. The zero-order valence-electron chi connectivity index (χ0n) is 61.9. The lowest BCUT2D eigenvalue weighted by atomic mass is 9.37. The molecule has 0 amide bonds. The SMILES string of the molecule is [2H]C([2H])([2H])c1cc(C([2H])([2H])[2H])c(-c2ccc3c(c2)-c2ccccc2-c2cc(-n4c5ccccc5n5c6cccc(C([2H])([2H])[2H])c6nc45)ccc2-c2ccccc2-3)c(C([2H])([2H])[2H])c1-c1cccc(B2N(c3ccccc3)B(c3ccccc3)N(c3ccccc3)B(c3ccccc3)N2c2ccccc2)c1. The Hall–Kier alpha value is -11.3. The van der Waals surface area contributed by atoms with Crippen LogP contribution in [0.4, 0.5) is 17.1 Å². The maximum absolute atomic E-state index is 9.85. The topological polar surface area (TPSA) is 32.0 Å². The lowest BCUT2D eigenvalue weighted by Gasteiger charge is -2.57. The van der Waals surface area contributed by atoms with Gasteiger partial charge in [0.15, 0.2) is 0 Å². The zero-order valence-corrected chi connectivity index (χ0v) is 49.9. The molecule has 3 heterocycles. The molecule has 0 N–H and O–H groups in total. The molecule has 0 atom stereocenters. The molecule has 1 fully saturated rings. The number of hydrogen-bond donors (Lipinski definition) is 0. The maximum atomic E-state index is 9.85. The molecular weight excluding hydrogens is 1110 g/mol. The molecule has 0 radical (unpaired) electrons. The fraction of sp³-hybridized carbons (Fsp3) is 0.0482. The van der Waals surface area contributed by atoms with E-state index in [-0.39, 0.29) is 27.8 Å². The van der Waals surface area contributed by atoms with E-state index < -0.39 is 65.0 Å². The van der Waals surface area contributed by atoms with Crippen LogP contribution < -0.4 is 30.6 Å². The van der Waals surface area contributed by atoms with Crippen molar-refractivity contribution in [3.8, 4) is 72.4 Å². The highest BCUT2D eigenvalue weighted by molar-refractivity contribution is 7.14. The van der Waals surface area contributed by atoms with Crippen molar-refractivity contribution in [2.24, 2.45) is 0 Å². The molecule has 13 aromatic carbocycles. The standard InChI is InChI=1S/C83H63B3N6/c1-56-28-26-47-79-82(56)87-83-88(77-45-24-25-46-78(77)89(79)83)68-49-51-74-70-42-21-20-41-69(70)73-50-48-61(54-75(73)71-43-22-23-44-72(71)76(74)55-68)81-58(3)52-57(2)80(59(81)4)60-29-27-34-64(53-60)86-91(66-37-16-8-17-38-66)84(62-30-10-5-11-31-62)90(65-35-14-7-15-36-65)85(63-32-12-6-13-33-63)92(86)67-39-18-9-19-40-67/h5-55H,1-4H3/i1D3,2D3,3D3,4D3. The van der Waals surface area contributed by atoms with E-state index >= 15 is 0 Å². The number of aryl methyl sites for hydroxylation is 3. The van der Waals surface area contributed by atoms with Crippen LogP contribution in [0.2, 0.25) is 0 Å². The van der Waals surface area contributed by atoms with Gasteiger partial charge in [-0.15, -0.1) is 0 Å². The summed E-state index contributed by atoms with van der Waals surface area (Å²) in [4.78, 5) is 5.12. The van der Waals surface area contributed by atoms with Crippen LogP contribution in [0.5, 0.6) is 0 Å². The molecule has 0 spiro atoms. The van der Waals surface area contributed by atoms with E-state index in [1.807, 2.05) is 199 Å². The summed E-state index contributed by atoms with van der Waals surface area (Å²) in [7, 11) is 0. The van der Waals surface area contributed by atoms with Crippen molar-refractivity contribution in [2.45, 2.75) is 27.4 Å². The van der Waals surface area contributed by atoms with Crippen molar-refractivity contribution in [3.63, 3.8) is 0 Å². The molecule has 434 valence electrons. The third kappa shape index (κ3) is 8.86. The van der Waals surface area contributed by atoms with Crippen molar-refractivity contribution < 1.29 is 16.4 Å². The van der Waals surface area contributed by atoms with E-state index in [0.717, 1.165) is 83.7 Å². The van der Waals surface area contributed by atoms with Gasteiger partial charge in [-0.3, -0.25) is 8.97 Å². The van der Waals surface area contributed by atoms with Gasteiger partial charge >= 0.3 is 20.9 Å². The lowest BCUT2D eigenvalue weighted by molar-refractivity contribution is 1.11. The van der Waals surface area contributed by atoms with Gasteiger partial charge in [-0.05, 0) is 206 Å². The third-order valence-corrected chi connectivity index (χ3v) is 18.6. The van der Waals surface area contributed by atoms with E-state index in [1.54, 1.807) is 24.3 Å². The Morgan fingerprint density at radius 1 is 0.293 bits per heavy atom. The van der Waals surface area contributed by atoms with Crippen LogP contribution in [0.1, 0.15) is 38.7 Å². The van der Waals surface area contributed by atoms with Crippen LogP contribution in [-0.2, 0) is 0 Å². The summed E-state index contributed by atoms with van der Waals surface area (Å²) in [6.45, 7) is -13.4. The van der Waals surface area contributed by atoms with Gasteiger partial charge in [0.1, 0.15) is 0 Å². The molecule has 15 aromatic rings. The number of fused-ring (bicyclic) bond motifs is 13. The first kappa shape index (κ1) is 43.4. The zero-order chi connectivity index (χ0) is 71.6. The highest BCUT2D eigenvalue weighted by Gasteiger charge is 2.56. The summed E-state index contributed by atoms with van der Waals surface area (Å²) in [5.74, 6) is 0.527. The normalized spacial score (nSPS) is 15.3. The molecule has 17 rings (SSSR count). The summed E-state index contributed by atoms with van der Waals surface area (Å²) in [5.41, 5.74) is 14.6. The van der Waals surface area contributed by atoms with Gasteiger partial charge in [0.05, 0.1) is 22.1 Å². The third-order valence-electron chi connectivity index (χ3n) is 18.6. The Balaban J connectivity index is 0.901. The lowest BCUT2D eigenvalue weighted by Crippen LogP contribution is -2.86. The van der Waals surface area contributed by atoms with E-state index in [9.17, 15) is 12.3 Å². The molecule has 2 aliphatic rings. The number of rotatable bonds is 9. The number of aromatic nitrogens is 3. The molecule has 1 saturated heterocycles. The van der Waals surface area contributed by atoms with Crippen LogP contribution in [-0.4, -0.2) is 34.9 Å². The molecule has 2 aromatic heterocycles. The van der Waals surface area contributed by atoms with E-state index in [1.165, 1.54) is 6.07 Å². The minimum Gasteiger partial charge on any atom is -0.416 e. The molecule has 1 aliphatic heterocycles. The highest BCUT2D eigenvalue weighted by Crippen LogP contribution is 2.50. The van der Waals surface area contributed by atoms with Gasteiger partial charge in [0.25, 0.3) is 0 Å².